The van der Waals surface area contributed by atoms with E-state index in [9.17, 15) is 4.79 Å². The van der Waals surface area contributed by atoms with Crippen LogP contribution in [0.4, 0.5) is 5.82 Å². The van der Waals surface area contributed by atoms with Gasteiger partial charge < -0.3 is 11.1 Å². The number of nitrogens with zero attached hydrogens (tertiary/aromatic N) is 2. The summed E-state index contributed by atoms with van der Waals surface area (Å²) in [5.74, 6) is 0.752. The maximum Gasteiger partial charge on any atom is 0.273 e. The molecule has 100 valence electrons. The topological polar surface area (TPSA) is 96.7 Å². The Hall–Kier alpha value is -1.95. The highest BCUT2D eigenvalue weighted by molar-refractivity contribution is 5.81. The molecule has 3 rings (SSSR count). The van der Waals surface area contributed by atoms with Crippen LogP contribution in [0.2, 0.25) is 0 Å². The van der Waals surface area contributed by atoms with Crippen LogP contribution in [-0.2, 0) is 0 Å². The van der Waals surface area contributed by atoms with Crippen LogP contribution in [0.5, 0.6) is 0 Å². The molecule has 6 heteroatoms. The third kappa shape index (κ3) is 2.44. The number of anilines is 1. The summed E-state index contributed by atoms with van der Waals surface area (Å²) in [6, 6.07) is 2.27. The van der Waals surface area contributed by atoms with Gasteiger partial charge in [0.15, 0.2) is 0 Å². The zero-order chi connectivity index (χ0) is 13.2. The van der Waals surface area contributed by atoms with E-state index in [1.54, 1.807) is 12.4 Å². The Kier molecular flexibility index (Phi) is 3.16. The number of pyridine rings is 1. The number of rotatable bonds is 2. The lowest BCUT2D eigenvalue weighted by atomic mass is 9.91. The van der Waals surface area contributed by atoms with Gasteiger partial charge in [0.2, 0.25) is 0 Å². The molecule has 0 aromatic carbocycles. The van der Waals surface area contributed by atoms with Gasteiger partial charge in [-0.3, -0.25) is 4.79 Å². The van der Waals surface area contributed by atoms with Crippen LogP contribution >= 0.6 is 0 Å². The van der Waals surface area contributed by atoms with Crippen molar-refractivity contribution in [3.63, 3.8) is 0 Å². The first-order valence-electron chi connectivity index (χ1n) is 6.59. The van der Waals surface area contributed by atoms with Crippen LogP contribution in [0.1, 0.15) is 25.7 Å². The summed E-state index contributed by atoms with van der Waals surface area (Å²) in [4.78, 5) is 15.8. The fourth-order valence-electron chi connectivity index (χ4n) is 2.60. The van der Waals surface area contributed by atoms with Crippen LogP contribution in [0.15, 0.2) is 23.3 Å². The second-order valence-electron chi connectivity index (χ2n) is 5.06. The van der Waals surface area contributed by atoms with E-state index in [4.69, 9.17) is 5.73 Å². The SMILES string of the molecule is N[C@H]1CCCC[C@H]1Nc1cc2cn[nH]c(=O)c2cn1. The summed E-state index contributed by atoms with van der Waals surface area (Å²) in [5, 5.41) is 10.9. The maximum atomic E-state index is 11.5. The molecule has 2 atom stereocenters. The standard InChI is InChI=1S/C13H17N5O/c14-10-3-1-2-4-11(10)17-12-5-8-6-16-18-13(19)9(8)7-15-12/h5-7,10-11H,1-4,14H2,(H,15,17)(H,18,19)/t10-,11+/m0/s1. The lowest BCUT2D eigenvalue weighted by Gasteiger charge is -2.29. The number of aromatic nitrogens is 3. The molecule has 1 saturated carbocycles. The molecule has 0 spiro atoms. The lowest BCUT2D eigenvalue weighted by molar-refractivity contribution is 0.403. The Morgan fingerprint density at radius 3 is 3.00 bits per heavy atom. The van der Waals surface area contributed by atoms with Gasteiger partial charge in [0.25, 0.3) is 5.56 Å². The molecule has 1 fully saturated rings. The number of hydrogen-bond donors (Lipinski definition) is 3. The minimum Gasteiger partial charge on any atom is -0.366 e. The Balaban J connectivity index is 1.87. The largest absolute Gasteiger partial charge is 0.366 e. The molecule has 0 radical (unpaired) electrons. The molecule has 2 aromatic rings. The summed E-state index contributed by atoms with van der Waals surface area (Å²) in [6.45, 7) is 0. The van der Waals surface area contributed by atoms with Gasteiger partial charge >= 0.3 is 0 Å². The Morgan fingerprint density at radius 1 is 1.32 bits per heavy atom. The van der Waals surface area contributed by atoms with E-state index in [0.717, 1.165) is 24.0 Å². The molecule has 1 aliphatic carbocycles. The molecular weight excluding hydrogens is 242 g/mol. The Labute approximate surface area is 110 Å². The highest BCUT2D eigenvalue weighted by Gasteiger charge is 2.21. The molecule has 1 aliphatic rings. The molecule has 0 saturated heterocycles. The van der Waals surface area contributed by atoms with Gasteiger partial charge in [-0.1, -0.05) is 12.8 Å². The molecule has 2 heterocycles. The van der Waals surface area contributed by atoms with E-state index < -0.39 is 0 Å². The minimum absolute atomic E-state index is 0.170. The van der Waals surface area contributed by atoms with Crippen LogP contribution in [-0.4, -0.2) is 27.3 Å². The van der Waals surface area contributed by atoms with E-state index in [1.165, 1.54) is 12.8 Å². The third-order valence-corrected chi connectivity index (χ3v) is 3.70. The van der Waals surface area contributed by atoms with E-state index in [1.807, 2.05) is 6.07 Å². The van der Waals surface area contributed by atoms with Crippen LogP contribution in [0.3, 0.4) is 0 Å². The fraction of sp³-hybridized carbons (Fsp3) is 0.462. The summed E-state index contributed by atoms with van der Waals surface area (Å²) in [5.41, 5.74) is 5.89. The van der Waals surface area contributed by atoms with Crippen LogP contribution < -0.4 is 16.6 Å². The van der Waals surface area contributed by atoms with Crippen LogP contribution in [0, 0.1) is 0 Å². The first-order chi connectivity index (χ1) is 9.24. The van der Waals surface area contributed by atoms with Crippen molar-refractivity contribution in [2.45, 2.75) is 37.8 Å². The minimum atomic E-state index is -0.217. The summed E-state index contributed by atoms with van der Waals surface area (Å²) in [6.07, 6.45) is 7.71. The highest BCUT2D eigenvalue weighted by Crippen LogP contribution is 2.21. The van der Waals surface area contributed by atoms with E-state index in [-0.39, 0.29) is 17.6 Å². The smallest absolute Gasteiger partial charge is 0.273 e. The maximum absolute atomic E-state index is 11.5. The molecule has 0 amide bonds. The molecule has 4 N–H and O–H groups in total. The van der Waals surface area contributed by atoms with Gasteiger partial charge in [0, 0.05) is 23.7 Å². The van der Waals surface area contributed by atoms with Gasteiger partial charge in [-0.05, 0) is 18.9 Å². The van der Waals surface area contributed by atoms with Gasteiger partial charge in [-0.25, -0.2) is 10.1 Å². The average molecular weight is 259 g/mol. The first-order valence-corrected chi connectivity index (χ1v) is 6.59. The predicted molar refractivity (Wildman–Crippen MR) is 74.0 cm³/mol. The van der Waals surface area contributed by atoms with Crippen molar-refractivity contribution in [3.05, 3.63) is 28.8 Å². The van der Waals surface area contributed by atoms with Gasteiger partial charge in [-0.2, -0.15) is 5.10 Å². The van der Waals surface area contributed by atoms with Crippen molar-refractivity contribution >= 4 is 16.6 Å². The van der Waals surface area contributed by atoms with Crippen molar-refractivity contribution in [2.24, 2.45) is 5.73 Å². The second-order valence-corrected chi connectivity index (χ2v) is 5.06. The summed E-state index contributed by atoms with van der Waals surface area (Å²) >= 11 is 0. The number of nitrogens with two attached hydrogens (primary N) is 1. The van der Waals surface area contributed by atoms with Gasteiger partial charge in [0.05, 0.1) is 11.6 Å². The average Bonchev–Trinajstić information content (AvgIpc) is 2.42. The Morgan fingerprint density at radius 2 is 2.16 bits per heavy atom. The van der Waals surface area contributed by atoms with Gasteiger partial charge in [0.1, 0.15) is 5.82 Å². The number of hydrogen-bond acceptors (Lipinski definition) is 5. The number of H-pyrrole nitrogens is 1. The van der Waals surface area contributed by atoms with E-state index in [0.29, 0.717) is 5.39 Å². The monoisotopic (exact) mass is 259 g/mol. The summed E-state index contributed by atoms with van der Waals surface area (Å²) in [7, 11) is 0. The number of aromatic amines is 1. The predicted octanol–water partition coefficient (Wildman–Crippen LogP) is 1.000. The van der Waals surface area contributed by atoms with Crippen molar-refractivity contribution < 1.29 is 0 Å². The molecular formula is C13H17N5O. The second kappa shape index (κ2) is 4.97. The molecule has 0 unspecified atom stereocenters. The molecule has 0 aliphatic heterocycles. The summed E-state index contributed by atoms with van der Waals surface area (Å²) < 4.78 is 0. The van der Waals surface area contributed by atoms with Crippen molar-refractivity contribution in [3.8, 4) is 0 Å². The van der Waals surface area contributed by atoms with E-state index >= 15 is 0 Å². The van der Waals surface area contributed by atoms with Crippen molar-refractivity contribution in [2.75, 3.05) is 5.32 Å². The normalized spacial score (nSPS) is 23.4. The number of nitrogens with one attached hydrogen (secondary N) is 2. The van der Waals surface area contributed by atoms with Crippen molar-refractivity contribution in [1.29, 1.82) is 0 Å². The third-order valence-electron chi connectivity index (χ3n) is 3.70. The quantitative estimate of drug-likeness (QED) is 0.747. The molecule has 19 heavy (non-hydrogen) atoms. The zero-order valence-corrected chi connectivity index (χ0v) is 10.6. The number of fused-ring (bicyclic) bond motifs is 1. The lowest BCUT2D eigenvalue weighted by Crippen LogP contribution is -2.42. The van der Waals surface area contributed by atoms with Crippen LogP contribution in [0.25, 0.3) is 10.8 Å². The highest BCUT2D eigenvalue weighted by atomic mass is 16.1. The molecule has 6 nitrogen and oxygen atoms in total. The van der Waals surface area contributed by atoms with Gasteiger partial charge in [-0.15, -0.1) is 0 Å². The Bertz CT molecular complexity index is 638. The fourth-order valence-corrected chi connectivity index (χ4v) is 2.60. The van der Waals surface area contributed by atoms with Crippen molar-refractivity contribution in [1.82, 2.24) is 15.2 Å². The molecule has 2 aromatic heterocycles. The zero-order valence-electron chi connectivity index (χ0n) is 10.6. The van der Waals surface area contributed by atoms with E-state index in [2.05, 4.69) is 20.5 Å². The first kappa shape index (κ1) is 12.1. The molecule has 0 bridgehead atoms.